The molecule has 2 fully saturated rings. The van der Waals surface area contributed by atoms with Gasteiger partial charge in [0.05, 0.1) is 16.4 Å². The number of hydrogen-bond acceptors (Lipinski definition) is 6. The van der Waals surface area contributed by atoms with Gasteiger partial charge in [0, 0.05) is 43.5 Å². The highest BCUT2D eigenvalue weighted by molar-refractivity contribution is 6.30. The van der Waals surface area contributed by atoms with E-state index in [9.17, 15) is 14.7 Å². The van der Waals surface area contributed by atoms with E-state index in [1.165, 1.54) is 35.0 Å². The Morgan fingerprint density at radius 2 is 1.86 bits per heavy atom. The van der Waals surface area contributed by atoms with Crippen molar-refractivity contribution in [1.82, 2.24) is 15.2 Å². The molecule has 2 aliphatic heterocycles. The van der Waals surface area contributed by atoms with Gasteiger partial charge in [-0.25, -0.2) is 4.98 Å². The van der Waals surface area contributed by atoms with Gasteiger partial charge in [0.2, 0.25) is 6.41 Å². The van der Waals surface area contributed by atoms with Crippen LogP contribution in [-0.2, 0) is 4.79 Å². The van der Waals surface area contributed by atoms with Crippen LogP contribution in [0.5, 0.6) is 5.75 Å². The zero-order valence-corrected chi connectivity index (χ0v) is 19.6. The van der Waals surface area contributed by atoms with Gasteiger partial charge in [-0.05, 0) is 48.4 Å². The summed E-state index contributed by atoms with van der Waals surface area (Å²) in [6.07, 6.45) is 4.19. The van der Waals surface area contributed by atoms with Crippen molar-refractivity contribution < 1.29 is 14.7 Å². The summed E-state index contributed by atoms with van der Waals surface area (Å²) in [5.74, 6) is -0.283. The second-order valence-corrected chi connectivity index (χ2v) is 8.79. The summed E-state index contributed by atoms with van der Waals surface area (Å²) >= 11 is 5.91. The van der Waals surface area contributed by atoms with E-state index in [1.807, 2.05) is 12.1 Å². The van der Waals surface area contributed by atoms with E-state index < -0.39 is 5.91 Å². The zero-order chi connectivity index (χ0) is 24.4. The number of halogens is 1. The molecule has 35 heavy (non-hydrogen) atoms. The fourth-order valence-corrected chi connectivity index (χ4v) is 4.22. The van der Waals surface area contributed by atoms with E-state index in [2.05, 4.69) is 20.5 Å². The monoisotopic (exact) mass is 489 g/mol. The van der Waals surface area contributed by atoms with Crippen LogP contribution in [0.4, 0.5) is 17.2 Å². The highest BCUT2D eigenvalue weighted by Crippen LogP contribution is 2.37. The van der Waals surface area contributed by atoms with Crippen molar-refractivity contribution in [2.24, 2.45) is 0 Å². The predicted molar refractivity (Wildman–Crippen MR) is 136 cm³/mol. The minimum absolute atomic E-state index is 0.104. The topological polar surface area (TPSA) is 97.8 Å². The molecule has 3 aromatic rings. The number of aromatic nitrogens is 1. The molecule has 178 valence electrons. The van der Waals surface area contributed by atoms with Crippen LogP contribution in [0.25, 0.3) is 5.70 Å². The van der Waals surface area contributed by atoms with Crippen molar-refractivity contribution >= 4 is 46.8 Å². The van der Waals surface area contributed by atoms with Gasteiger partial charge < -0.3 is 20.6 Å². The lowest BCUT2D eigenvalue weighted by Gasteiger charge is -2.39. The molecule has 8 nitrogen and oxygen atoms in total. The van der Waals surface area contributed by atoms with Crippen LogP contribution in [0.1, 0.15) is 28.8 Å². The summed E-state index contributed by atoms with van der Waals surface area (Å²) in [5, 5.41) is 17.1. The van der Waals surface area contributed by atoms with Crippen LogP contribution in [0.15, 0.2) is 66.5 Å². The largest absolute Gasteiger partial charge is 0.506 e. The number of aromatic hydroxyl groups is 1. The Morgan fingerprint density at radius 1 is 1.11 bits per heavy atom. The molecular weight excluding hydrogens is 466 g/mol. The van der Waals surface area contributed by atoms with Gasteiger partial charge in [-0.15, -0.1) is 0 Å². The van der Waals surface area contributed by atoms with E-state index in [0.29, 0.717) is 22.8 Å². The summed E-state index contributed by atoms with van der Waals surface area (Å²) in [5.41, 5.74) is 4.32. The normalized spacial score (nSPS) is 15.9. The van der Waals surface area contributed by atoms with Crippen molar-refractivity contribution in [3.8, 4) is 5.75 Å². The second kappa shape index (κ2) is 9.68. The highest BCUT2D eigenvalue weighted by Gasteiger charge is 2.25. The Labute approximate surface area is 207 Å². The molecule has 3 N–H and O–H groups in total. The van der Waals surface area contributed by atoms with E-state index in [0.717, 1.165) is 31.6 Å². The number of anilines is 3. The molecule has 2 aromatic carbocycles. The molecule has 3 heterocycles. The Hall–Kier alpha value is -4.04. The third-order valence-electron chi connectivity index (χ3n) is 6.17. The fraction of sp³-hybridized carbons (Fsp3) is 0.192. The average Bonchev–Trinajstić information content (AvgIpc) is 2.80. The van der Waals surface area contributed by atoms with Crippen LogP contribution >= 0.6 is 11.6 Å². The maximum Gasteiger partial charge on any atom is 0.255 e. The summed E-state index contributed by atoms with van der Waals surface area (Å²) in [6, 6.07) is 15.2. The molecule has 0 saturated carbocycles. The first-order valence-electron chi connectivity index (χ1n) is 11.4. The van der Waals surface area contributed by atoms with Crippen LogP contribution < -0.4 is 15.5 Å². The number of benzene rings is 2. The first kappa shape index (κ1) is 22.7. The third-order valence-corrected chi connectivity index (χ3v) is 6.40. The summed E-state index contributed by atoms with van der Waals surface area (Å²) in [4.78, 5) is 32.8. The summed E-state index contributed by atoms with van der Waals surface area (Å²) < 4.78 is 0. The van der Waals surface area contributed by atoms with Gasteiger partial charge in [0.1, 0.15) is 17.3 Å². The molecule has 1 aromatic heterocycles. The SMILES string of the molecule is O=CN(c1ccc(Cl)cn1)c1cccc(O)c1NC(=O)c1ccc(C(=C2CCN2)N2CCC2)cc1. The first-order valence-corrected chi connectivity index (χ1v) is 11.7. The highest BCUT2D eigenvalue weighted by atomic mass is 35.5. The number of phenols is 1. The maximum absolute atomic E-state index is 13.1. The Kier molecular flexibility index (Phi) is 6.29. The van der Waals surface area contributed by atoms with E-state index in [1.54, 1.807) is 36.4 Å². The molecule has 0 aliphatic carbocycles. The maximum atomic E-state index is 13.1. The molecule has 9 heteroatoms. The lowest BCUT2D eigenvalue weighted by Crippen LogP contribution is -2.40. The van der Waals surface area contributed by atoms with E-state index >= 15 is 0 Å². The molecule has 2 amide bonds. The van der Waals surface area contributed by atoms with Gasteiger partial charge in [-0.3, -0.25) is 14.5 Å². The number of carbonyl (C=O) groups excluding carboxylic acids is 2. The number of pyridine rings is 1. The lowest BCUT2D eigenvalue weighted by atomic mass is 9.99. The number of amides is 2. The minimum Gasteiger partial charge on any atom is -0.506 e. The van der Waals surface area contributed by atoms with Gasteiger partial charge in [-0.1, -0.05) is 29.8 Å². The summed E-state index contributed by atoms with van der Waals surface area (Å²) in [6.45, 7) is 3.06. The molecule has 0 atom stereocenters. The number of para-hydroxylation sites is 1. The van der Waals surface area contributed by atoms with Crippen molar-refractivity contribution in [2.75, 3.05) is 29.9 Å². The number of hydrogen-bond donors (Lipinski definition) is 3. The van der Waals surface area contributed by atoms with Crippen molar-refractivity contribution in [1.29, 1.82) is 0 Å². The van der Waals surface area contributed by atoms with Crippen molar-refractivity contribution in [2.45, 2.75) is 12.8 Å². The molecule has 0 unspecified atom stereocenters. The fourth-order valence-electron chi connectivity index (χ4n) is 4.11. The molecule has 0 bridgehead atoms. The van der Waals surface area contributed by atoms with Crippen LogP contribution in [0.3, 0.4) is 0 Å². The smallest absolute Gasteiger partial charge is 0.255 e. The molecule has 2 aliphatic rings. The number of likely N-dealkylation sites (tertiary alicyclic amines) is 1. The summed E-state index contributed by atoms with van der Waals surface area (Å²) in [7, 11) is 0. The molecule has 5 rings (SSSR count). The molecular formula is C26H24ClN5O3. The first-order chi connectivity index (χ1) is 17.0. The molecule has 0 spiro atoms. The number of nitrogens with one attached hydrogen (secondary N) is 2. The van der Waals surface area contributed by atoms with Crippen molar-refractivity contribution in [3.63, 3.8) is 0 Å². The lowest BCUT2D eigenvalue weighted by molar-refractivity contribution is -0.106. The quantitative estimate of drug-likeness (QED) is 0.337. The van der Waals surface area contributed by atoms with Gasteiger partial charge in [-0.2, -0.15) is 0 Å². The number of carbonyl (C=O) groups is 2. The number of phenolic OH excluding ortho intramolecular Hbond substituents is 1. The zero-order valence-electron chi connectivity index (χ0n) is 18.9. The van der Waals surface area contributed by atoms with Gasteiger partial charge in [0.15, 0.2) is 0 Å². The van der Waals surface area contributed by atoms with Crippen LogP contribution in [0.2, 0.25) is 5.02 Å². The molecule has 0 radical (unpaired) electrons. The van der Waals surface area contributed by atoms with Crippen molar-refractivity contribution in [3.05, 3.63) is 82.6 Å². The average molecular weight is 490 g/mol. The van der Waals surface area contributed by atoms with Crippen LogP contribution in [0, 0.1) is 0 Å². The van der Waals surface area contributed by atoms with Gasteiger partial charge in [0.25, 0.3) is 5.91 Å². The minimum atomic E-state index is -0.408. The van der Waals surface area contributed by atoms with E-state index in [4.69, 9.17) is 11.6 Å². The van der Waals surface area contributed by atoms with Gasteiger partial charge >= 0.3 is 0 Å². The second-order valence-electron chi connectivity index (χ2n) is 8.36. The van der Waals surface area contributed by atoms with E-state index in [-0.39, 0.29) is 17.1 Å². The number of rotatable bonds is 7. The third kappa shape index (κ3) is 4.52. The predicted octanol–water partition coefficient (Wildman–Crippen LogP) is 4.36. The molecule has 2 saturated heterocycles. The van der Waals surface area contributed by atoms with Crippen LogP contribution in [-0.4, -0.2) is 46.9 Å². The Morgan fingerprint density at radius 3 is 2.43 bits per heavy atom. The standard InChI is InChI=1S/C26H24ClN5O3/c27-19-9-10-23(29-15-19)32(16-33)21-3-1-4-22(34)24(21)30-26(35)18-7-5-17(6-8-18)25(20-11-12-28-20)31-13-2-14-31/h1,3-10,15-16,28,34H,2,11-14H2,(H,30,35). The Bertz CT molecular complexity index is 1280. The Balaban J connectivity index is 1.40. The number of nitrogens with zero attached hydrogens (tertiary/aromatic N) is 3.